The van der Waals surface area contributed by atoms with Crippen LogP contribution in [0, 0.1) is 6.92 Å². The summed E-state index contributed by atoms with van der Waals surface area (Å²) >= 11 is 3.22. The smallest absolute Gasteiger partial charge is 0.0957 e. The van der Waals surface area contributed by atoms with Crippen molar-refractivity contribution in [2.24, 2.45) is 0 Å². The summed E-state index contributed by atoms with van der Waals surface area (Å²) in [5, 5.41) is 8.56. The van der Waals surface area contributed by atoms with Gasteiger partial charge in [0.1, 0.15) is 0 Å². The van der Waals surface area contributed by atoms with E-state index >= 15 is 0 Å². The monoisotopic (exact) mass is 290 g/mol. The highest BCUT2D eigenvalue weighted by atomic mass is 32.1. The van der Waals surface area contributed by atoms with Crippen molar-refractivity contribution in [2.45, 2.75) is 19.4 Å². The van der Waals surface area contributed by atoms with Crippen LogP contribution in [0.15, 0.2) is 24.3 Å². The van der Waals surface area contributed by atoms with Crippen LogP contribution in [0.1, 0.15) is 21.6 Å². The second-order valence-corrected chi connectivity index (χ2v) is 6.24. The van der Waals surface area contributed by atoms with Gasteiger partial charge < -0.3 is 5.32 Å². The van der Waals surface area contributed by atoms with Crippen molar-refractivity contribution in [2.75, 3.05) is 7.05 Å². The minimum Gasteiger partial charge on any atom is -0.312 e. The number of hydrogen-bond acceptors (Lipinski definition) is 6. The van der Waals surface area contributed by atoms with Gasteiger partial charge in [-0.3, -0.25) is 0 Å². The van der Waals surface area contributed by atoms with E-state index in [0.29, 0.717) is 0 Å². The van der Waals surface area contributed by atoms with Crippen LogP contribution in [0.3, 0.4) is 0 Å². The molecular weight excluding hydrogens is 276 g/mol. The molecule has 6 heteroatoms. The minimum absolute atomic E-state index is 0.237. The molecular formula is C13H14N4S2. The lowest BCUT2D eigenvalue weighted by atomic mass is 10.1. The normalized spacial score (nSPS) is 12.9. The van der Waals surface area contributed by atoms with Crippen LogP contribution in [0.2, 0.25) is 0 Å². The first-order chi connectivity index (χ1) is 9.28. The number of rotatable bonds is 4. The highest BCUT2D eigenvalue weighted by molar-refractivity contribution is 7.18. The molecule has 1 N–H and O–H groups in total. The van der Waals surface area contributed by atoms with Crippen LogP contribution in [-0.4, -0.2) is 21.6 Å². The number of aromatic nitrogens is 3. The molecule has 0 amide bonds. The molecule has 0 saturated carbocycles. The zero-order valence-electron chi connectivity index (χ0n) is 10.8. The van der Waals surface area contributed by atoms with E-state index in [-0.39, 0.29) is 6.04 Å². The molecule has 1 aromatic carbocycles. The quantitative estimate of drug-likeness (QED) is 0.802. The Balaban J connectivity index is 1.88. The Morgan fingerprint density at radius 3 is 2.84 bits per heavy atom. The highest BCUT2D eigenvalue weighted by Crippen LogP contribution is 2.28. The molecule has 0 aliphatic heterocycles. The molecule has 2 heterocycles. The van der Waals surface area contributed by atoms with Gasteiger partial charge in [-0.15, -0.1) is 16.4 Å². The zero-order chi connectivity index (χ0) is 13.2. The van der Waals surface area contributed by atoms with Gasteiger partial charge in [-0.2, -0.15) is 0 Å². The van der Waals surface area contributed by atoms with Crippen molar-refractivity contribution in [3.8, 4) is 0 Å². The first-order valence-corrected chi connectivity index (χ1v) is 7.67. The van der Waals surface area contributed by atoms with Crippen molar-refractivity contribution in [3.63, 3.8) is 0 Å². The first kappa shape index (κ1) is 12.7. The Labute approximate surface area is 119 Å². The Morgan fingerprint density at radius 1 is 1.32 bits per heavy atom. The number of thiazole rings is 1. The van der Waals surface area contributed by atoms with Crippen LogP contribution in [0.4, 0.5) is 0 Å². The van der Waals surface area contributed by atoms with E-state index in [4.69, 9.17) is 0 Å². The molecule has 0 bridgehead atoms. The number of likely N-dealkylation sites (N-methyl/N-ethyl adjacent to an activating group) is 1. The maximum atomic E-state index is 4.68. The molecule has 0 spiro atoms. The van der Waals surface area contributed by atoms with E-state index in [0.717, 1.165) is 22.6 Å². The third kappa shape index (κ3) is 2.51. The molecule has 98 valence electrons. The summed E-state index contributed by atoms with van der Waals surface area (Å²) in [6.45, 7) is 2.00. The maximum Gasteiger partial charge on any atom is 0.0957 e. The van der Waals surface area contributed by atoms with E-state index in [1.165, 1.54) is 21.1 Å². The summed E-state index contributed by atoms with van der Waals surface area (Å²) in [5.41, 5.74) is 2.09. The molecule has 0 saturated heterocycles. The predicted molar refractivity (Wildman–Crippen MR) is 79.8 cm³/mol. The van der Waals surface area contributed by atoms with Crippen LogP contribution in [-0.2, 0) is 6.42 Å². The van der Waals surface area contributed by atoms with Crippen molar-refractivity contribution in [1.29, 1.82) is 0 Å². The molecule has 4 nitrogen and oxygen atoms in total. The zero-order valence-corrected chi connectivity index (χ0v) is 12.4. The van der Waals surface area contributed by atoms with E-state index < -0.39 is 0 Å². The van der Waals surface area contributed by atoms with Gasteiger partial charge in [0.15, 0.2) is 0 Å². The van der Waals surface area contributed by atoms with Gasteiger partial charge in [0.2, 0.25) is 0 Å². The summed E-state index contributed by atoms with van der Waals surface area (Å²) in [7, 11) is 1.97. The molecule has 0 fully saturated rings. The van der Waals surface area contributed by atoms with Crippen LogP contribution in [0.5, 0.6) is 0 Å². The number of fused-ring (bicyclic) bond motifs is 1. The molecule has 3 aromatic rings. The van der Waals surface area contributed by atoms with Gasteiger partial charge >= 0.3 is 0 Å². The average Bonchev–Trinajstić information content (AvgIpc) is 3.01. The lowest BCUT2D eigenvalue weighted by molar-refractivity contribution is 0.596. The van der Waals surface area contributed by atoms with E-state index in [2.05, 4.69) is 38.1 Å². The standard InChI is InChI=1S/C13H14N4S2/c1-8-13(19-17-16-8)10(14-2)7-12-15-9-5-3-4-6-11(9)18-12/h3-6,10,14H,7H2,1-2H3. The molecule has 0 aliphatic carbocycles. The summed E-state index contributed by atoms with van der Waals surface area (Å²) in [5.74, 6) is 0. The topological polar surface area (TPSA) is 50.7 Å². The Morgan fingerprint density at radius 2 is 2.16 bits per heavy atom. The highest BCUT2D eigenvalue weighted by Gasteiger charge is 2.17. The molecule has 0 aliphatic rings. The van der Waals surface area contributed by atoms with Gasteiger partial charge in [-0.1, -0.05) is 16.6 Å². The van der Waals surface area contributed by atoms with Gasteiger partial charge in [0, 0.05) is 6.42 Å². The van der Waals surface area contributed by atoms with E-state index in [1.807, 2.05) is 20.0 Å². The molecule has 1 unspecified atom stereocenters. The van der Waals surface area contributed by atoms with Crippen molar-refractivity contribution < 1.29 is 0 Å². The summed E-state index contributed by atoms with van der Waals surface area (Å²) in [6, 6.07) is 8.49. The number of nitrogens with zero attached hydrogens (tertiary/aromatic N) is 3. The predicted octanol–water partition coefficient (Wildman–Crippen LogP) is 2.96. The van der Waals surface area contributed by atoms with Gasteiger partial charge in [-0.05, 0) is 37.6 Å². The number of nitrogens with one attached hydrogen (secondary N) is 1. The molecule has 2 aromatic heterocycles. The van der Waals surface area contributed by atoms with Crippen LogP contribution >= 0.6 is 22.9 Å². The van der Waals surface area contributed by atoms with Gasteiger partial charge in [-0.25, -0.2) is 4.98 Å². The molecule has 1 atom stereocenters. The largest absolute Gasteiger partial charge is 0.312 e. The second kappa shape index (κ2) is 5.32. The Bertz CT molecular complexity index is 656. The minimum atomic E-state index is 0.237. The van der Waals surface area contributed by atoms with E-state index in [9.17, 15) is 0 Å². The van der Waals surface area contributed by atoms with E-state index in [1.54, 1.807) is 11.3 Å². The summed E-state index contributed by atoms with van der Waals surface area (Å²) in [4.78, 5) is 5.88. The lowest BCUT2D eigenvalue weighted by Gasteiger charge is -2.12. The fourth-order valence-corrected chi connectivity index (χ4v) is 3.83. The lowest BCUT2D eigenvalue weighted by Crippen LogP contribution is -2.18. The number of para-hydroxylation sites is 1. The third-order valence-electron chi connectivity index (χ3n) is 3.07. The first-order valence-electron chi connectivity index (χ1n) is 6.08. The van der Waals surface area contributed by atoms with Gasteiger partial charge in [0.05, 0.1) is 31.8 Å². The summed E-state index contributed by atoms with van der Waals surface area (Å²) < 4.78 is 5.25. The van der Waals surface area contributed by atoms with Gasteiger partial charge in [0.25, 0.3) is 0 Å². The molecule has 3 rings (SSSR count). The average molecular weight is 290 g/mol. The van der Waals surface area contributed by atoms with Crippen LogP contribution in [0.25, 0.3) is 10.2 Å². The third-order valence-corrected chi connectivity index (χ3v) is 5.07. The maximum absolute atomic E-state index is 4.68. The number of aryl methyl sites for hydroxylation is 1. The van der Waals surface area contributed by atoms with Crippen molar-refractivity contribution in [3.05, 3.63) is 39.8 Å². The Kier molecular flexibility index (Phi) is 3.54. The van der Waals surface area contributed by atoms with Crippen molar-refractivity contribution >= 4 is 33.1 Å². The number of hydrogen-bond donors (Lipinski definition) is 1. The fraction of sp³-hybridized carbons (Fsp3) is 0.308. The molecule has 0 radical (unpaired) electrons. The van der Waals surface area contributed by atoms with Crippen LogP contribution < -0.4 is 5.32 Å². The Hall–Kier alpha value is -1.37. The molecule has 19 heavy (non-hydrogen) atoms. The fourth-order valence-electron chi connectivity index (χ4n) is 2.06. The SMILES string of the molecule is CNC(Cc1nc2ccccc2s1)c1snnc1C. The second-order valence-electron chi connectivity index (χ2n) is 4.34. The summed E-state index contributed by atoms with van der Waals surface area (Å²) in [6.07, 6.45) is 0.876. The van der Waals surface area contributed by atoms with Crippen molar-refractivity contribution in [1.82, 2.24) is 19.9 Å². The number of benzene rings is 1.